The summed E-state index contributed by atoms with van der Waals surface area (Å²) in [5.74, 6) is -0.448. The number of anilines is 1. The number of hydrogen-bond donors (Lipinski definition) is 1. The minimum absolute atomic E-state index is 0.0545. The number of hydrogen-bond acceptors (Lipinski definition) is 6. The van der Waals surface area contributed by atoms with Crippen molar-refractivity contribution in [2.75, 3.05) is 18.4 Å². The van der Waals surface area contributed by atoms with Gasteiger partial charge in [0, 0.05) is 24.3 Å². The maximum Gasteiger partial charge on any atom is 0.255 e. The molecule has 1 N–H and O–H groups in total. The average Bonchev–Trinajstić information content (AvgIpc) is 3.30. The lowest BCUT2D eigenvalue weighted by Gasteiger charge is -2.26. The van der Waals surface area contributed by atoms with Gasteiger partial charge in [0.2, 0.25) is 10.0 Å². The lowest BCUT2D eigenvalue weighted by Crippen LogP contribution is -2.35. The molecule has 156 valence electrons. The van der Waals surface area contributed by atoms with Crippen LogP contribution in [0.15, 0.2) is 53.7 Å². The molecule has 1 aliphatic heterocycles. The third kappa shape index (κ3) is 4.20. The Bertz CT molecular complexity index is 1160. The Morgan fingerprint density at radius 1 is 1.07 bits per heavy atom. The highest BCUT2D eigenvalue weighted by Crippen LogP contribution is 2.28. The monoisotopic (exact) mass is 446 g/mol. The topological polar surface area (TPSA) is 110 Å². The van der Waals surface area contributed by atoms with Gasteiger partial charge in [-0.1, -0.05) is 24.1 Å². The maximum atomic E-state index is 13.0. The summed E-state index contributed by atoms with van der Waals surface area (Å²) < 4.78 is 28.9. The third-order valence-corrected chi connectivity index (χ3v) is 7.22. The summed E-state index contributed by atoms with van der Waals surface area (Å²) in [6.45, 7) is 0.915. The highest BCUT2D eigenvalue weighted by molar-refractivity contribution is 7.89. The van der Waals surface area contributed by atoms with Crippen LogP contribution in [-0.2, 0) is 10.0 Å². The van der Waals surface area contributed by atoms with Gasteiger partial charge in [0.25, 0.3) is 5.91 Å². The zero-order chi connectivity index (χ0) is 21.1. The molecule has 0 aliphatic carbocycles. The number of piperidine rings is 1. The van der Waals surface area contributed by atoms with Crippen molar-refractivity contribution in [1.29, 1.82) is 0 Å². The van der Waals surface area contributed by atoms with Gasteiger partial charge < -0.3 is 5.32 Å². The molecule has 0 unspecified atom stereocenters. The number of nitrogens with one attached hydrogen (secondary N) is 1. The van der Waals surface area contributed by atoms with Crippen molar-refractivity contribution in [3.63, 3.8) is 0 Å². The molecule has 0 spiro atoms. The van der Waals surface area contributed by atoms with Crippen LogP contribution < -0.4 is 5.32 Å². The summed E-state index contributed by atoms with van der Waals surface area (Å²) in [7, 11) is -3.76. The molecule has 1 saturated heterocycles. The number of nitrogens with zero attached hydrogens (tertiary/aromatic N) is 5. The fourth-order valence-electron chi connectivity index (χ4n) is 3.30. The molecule has 3 aromatic rings. The Morgan fingerprint density at radius 2 is 1.87 bits per heavy atom. The molecule has 1 aliphatic rings. The Hall–Kier alpha value is -2.82. The van der Waals surface area contributed by atoms with E-state index in [1.807, 2.05) is 0 Å². The van der Waals surface area contributed by atoms with Crippen molar-refractivity contribution < 1.29 is 13.2 Å². The average molecular weight is 447 g/mol. The minimum atomic E-state index is -3.76. The van der Waals surface area contributed by atoms with Crippen LogP contribution in [0.3, 0.4) is 0 Å². The van der Waals surface area contributed by atoms with E-state index in [9.17, 15) is 13.2 Å². The summed E-state index contributed by atoms with van der Waals surface area (Å²) in [6.07, 6.45) is 4.08. The van der Waals surface area contributed by atoms with E-state index in [-0.39, 0.29) is 15.5 Å². The van der Waals surface area contributed by atoms with Crippen LogP contribution in [-0.4, -0.2) is 51.9 Å². The number of sulfonamides is 1. The minimum Gasteiger partial charge on any atom is -0.322 e. The van der Waals surface area contributed by atoms with E-state index in [2.05, 4.69) is 20.8 Å². The molecule has 1 aromatic heterocycles. The van der Waals surface area contributed by atoms with Crippen LogP contribution in [0.5, 0.6) is 0 Å². The molecule has 1 amide bonds. The van der Waals surface area contributed by atoms with Crippen molar-refractivity contribution in [3.05, 3.63) is 59.4 Å². The molecular formula is C19H19ClN6O3S. The van der Waals surface area contributed by atoms with Crippen molar-refractivity contribution in [2.45, 2.75) is 24.2 Å². The first kappa shape index (κ1) is 20.5. The molecule has 0 bridgehead atoms. The molecule has 4 rings (SSSR count). The van der Waals surface area contributed by atoms with Crippen molar-refractivity contribution in [2.24, 2.45) is 0 Å². The van der Waals surface area contributed by atoms with Gasteiger partial charge in [-0.3, -0.25) is 4.79 Å². The van der Waals surface area contributed by atoms with Gasteiger partial charge in [0.1, 0.15) is 11.2 Å². The molecule has 0 saturated carbocycles. The van der Waals surface area contributed by atoms with Crippen molar-refractivity contribution in [1.82, 2.24) is 24.5 Å². The molecule has 1 fully saturated rings. The zero-order valence-electron chi connectivity index (χ0n) is 15.9. The summed E-state index contributed by atoms with van der Waals surface area (Å²) >= 11 is 6.18. The van der Waals surface area contributed by atoms with Gasteiger partial charge in [0.05, 0.1) is 10.7 Å². The summed E-state index contributed by atoms with van der Waals surface area (Å²) in [5.41, 5.74) is 1.38. The van der Waals surface area contributed by atoms with E-state index < -0.39 is 15.9 Å². The SMILES string of the molecule is O=C(Nc1cccc(-n2cnnn2)c1)c1ccc(Cl)c(S(=O)(=O)N2CCCCC2)c1. The Balaban J connectivity index is 1.58. The predicted molar refractivity (Wildman–Crippen MR) is 111 cm³/mol. The predicted octanol–water partition coefficient (Wildman–Crippen LogP) is 2.74. The second kappa shape index (κ2) is 8.50. The fraction of sp³-hybridized carbons (Fsp3) is 0.263. The Morgan fingerprint density at radius 3 is 2.60 bits per heavy atom. The molecular weight excluding hydrogens is 428 g/mol. The van der Waals surface area contributed by atoms with Gasteiger partial charge in [0.15, 0.2) is 0 Å². The molecule has 11 heteroatoms. The number of benzene rings is 2. The van der Waals surface area contributed by atoms with E-state index in [0.717, 1.165) is 19.3 Å². The van der Waals surface area contributed by atoms with Crippen LogP contribution in [0, 0.1) is 0 Å². The number of halogens is 1. The van der Waals surface area contributed by atoms with Crippen LogP contribution in [0.1, 0.15) is 29.6 Å². The van der Waals surface area contributed by atoms with Gasteiger partial charge in [-0.05, 0) is 59.7 Å². The number of tetrazole rings is 1. The number of carbonyl (C=O) groups is 1. The van der Waals surface area contributed by atoms with E-state index >= 15 is 0 Å². The van der Waals surface area contributed by atoms with Crippen LogP contribution in [0.25, 0.3) is 5.69 Å². The fourth-order valence-corrected chi connectivity index (χ4v) is 5.31. The molecule has 0 atom stereocenters. The lowest BCUT2D eigenvalue weighted by atomic mass is 10.2. The van der Waals surface area contributed by atoms with Gasteiger partial charge >= 0.3 is 0 Å². The maximum absolute atomic E-state index is 13.0. The van der Waals surface area contributed by atoms with Gasteiger partial charge in [-0.25, -0.2) is 13.1 Å². The highest BCUT2D eigenvalue weighted by atomic mass is 35.5. The second-order valence-electron chi connectivity index (χ2n) is 6.87. The smallest absolute Gasteiger partial charge is 0.255 e. The van der Waals surface area contributed by atoms with E-state index in [1.165, 1.54) is 33.5 Å². The first-order valence-electron chi connectivity index (χ1n) is 9.39. The van der Waals surface area contributed by atoms with Gasteiger partial charge in [-0.2, -0.15) is 4.31 Å². The normalized spacial score (nSPS) is 15.1. The van der Waals surface area contributed by atoms with E-state index in [1.54, 1.807) is 24.3 Å². The van der Waals surface area contributed by atoms with Crippen molar-refractivity contribution in [3.8, 4) is 5.69 Å². The standard InChI is InChI=1S/C19H19ClN6O3S/c20-17-8-7-14(11-18(17)30(28,29)25-9-2-1-3-10-25)19(27)22-15-5-4-6-16(12-15)26-13-21-23-24-26/h4-8,11-13H,1-3,9-10H2,(H,22,27). The van der Waals surface area contributed by atoms with Gasteiger partial charge in [-0.15, -0.1) is 5.10 Å². The summed E-state index contributed by atoms with van der Waals surface area (Å²) in [5, 5.41) is 13.9. The zero-order valence-corrected chi connectivity index (χ0v) is 17.5. The largest absolute Gasteiger partial charge is 0.322 e. The van der Waals surface area contributed by atoms with E-state index in [0.29, 0.717) is 24.5 Å². The number of rotatable bonds is 5. The number of amides is 1. The molecule has 0 radical (unpaired) electrons. The van der Waals surface area contributed by atoms with Crippen LogP contribution >= 0.6 is 11.6 Å². The molecule has 2 aromatic carbocycles. The quantitative estimate of drug-likeness (QED) is 0.645. The second-order valence-corrected chi connectivity index (χ2v) is 9.18. The lowest BCUT2D eigenvalue weighted by molar-refractivity contribution is 0.102. The number of carbonyl (C=O) groups excluding carboxylic acids is 1. The Labute approximate surface area is 178 Å². The first-order chi connectivity index (χ1) is 14.4. The summed E-state index contributed by atoms with van der Waals surface area (Å²) in [4.78, 5) is 12.7. The third-order valence-electron chi connectivity index (χ3n) is 4.84. The molecule has 9 nitrogen and oxygen atoms in total. The number of aromatic nitrogens is 4. The Kier molecular flexibility index (Phi) is 5.80. The molecule has 30 heavy (non-hydrogen) atoms. The summed E-state index contributed by atoms with van der Waals surface area (Å²) in [6, 6.07) is 11.2. The van der Waals surface area contributed by atoms with Crippen LogP contribution in [0.2, 0.25) is 5.02 Å². The van der Waals surface area contributed by atoms with E-state index in [4.69, 9.17) is 11.6 Å². The highest BCUT2D eigenvalue weighted by Gasteiger charge is 2.28. The van der Waals surface area contributed by atoms with Crippen LogP contribution in [0.4, 0.5) is 5.69 Å². The first-order valence-corrected chi connectivity index (χ1v) is 11.2. The van der Waals surface area contributed by atoms with Crippen molar-refractivity contribution >= 4 is 33.2 Å². The molecule has 2 heterocycles.